The Bertz CT molecular complexity index is 421. The van der Waals surface area contributed by atoms with Gasteiger partial charge in [-0.05, 0) is 44.4 Å². The maximum absolute atomic E-state index is 11.8. The summed E-state index contributed by atoms with van der Waals surface area (Å²) in [6.07, 6.45) is 1.90. The van der Waals surface area contributed by atoms with Gasteiger partial charge in [0.1, 0.15) is 5.75 Å². The summed E-state index contributed by atoms with van der Waals surface area (Å²) in [6.45, 7) is 8.79. The molecule has 0 saturated carbocycles. The molecule has 0 unspecified atom stereocenters. The van der Waals surface area contributed by atoms with Gasteiger partial charge in [-0.25, -0.2) is 4.79 Å². The molecule has 0 aliphatic heterocycles. The van der Waals surface area contributed by atoms with Gasteiger partial charge in [0.25, 0.3) is 0 Å². The lowest BCUT2D eigenvalue weighted by atomic mass is 10.1. The van der Waals surface area contributed by atoms with E-state index in [-0.39, 0.29) is 18.1 Å². The predicted octanol–water partition coefficient (Wildman–Crippen LogP) is 3.63. The number of ether oxygens (including phenoxy) is 1. The molecule has 0 spiro atoms. The van der Waals surface area contributed by atoms with Crippen LogP contribution in [0.5, 0.6) is 5.75 Å². The van der Waals surface area contributed by atoms with Gasteiger partial charge in [-0.1, -0.05) is 26.0 Å². The van der Waals surface area contributed by atoms with E-state index in [4.69, 9.17) is 4.74 Å². The molecule has 1 aromatic carbocycles. The molecule has 1 aromatic rings. The summed E-state index contributed by atoms with van der Waals surface area (Å²) >= 11 is 0. The Labute approximate surface area is 121 Å². The molecule has 20 heavy (non-hydrogen) atoms. The van der Waals surface area contributed by atoms with E-state index >= 15 is 0 Å². The van der Waals surface area contributed by atoms with Crippen LogP contribution < -0.4 is 15.4 Å². The van der Waals surface area contributed by atoms with E-state index in [0.717, 1.165) is 24.2 Å². The Morgan fingerprint density at radius 1 is 1.25 bits per heavy atom. The van der Waals surface area contributed by atoms with E-state index in [1.54, 1.807) is 0 Å². The number of benzene rings is 1. The average Bonchev–Trinajstić information content (AvgIpc) is 2.45. The van der Waals surface area contributed by atoms with Gasteiger partial charge in [0.15, 0.2) is 0 Å². The van der Waals surface area contributed by atoms with Crippen molar-refractivity contribution in [1.29, 1.82) is 0 Å². The van der Waals surface area contributed by atoms with Crippen LogP contribution >= 0.6 is 0 Å². The van der Waals surface area contributed by atoms with Crippen LogP contribution in [0.25, 0.3) is 0 Å². The van der Waals surface area contributed by atoms with Crippen molar-refractivity contribution in [2.45, 2.75) is 52.6 Å². The van der Waals surface area contributed by atoms with E-state index in [2.05, 4.69) is 17.6 Å². The van der Waals surface area contributed by atoms with E-state index in [1.165, 1.54) is 0 Å². The number of carbonyl (C=O) groups excluding carboxylic acids is 1. The van der Waals surface area contributed by atoms with Gasteiger partial charge in [0.2, 0.25) is 0 Å². The zero-order valence-corrected chi connectivity index (χ0v) is 12.9. The number of hydrogen-bond donors (Lipinski definition) is 2. The largest absolute Gasteiger partial charge is 0.494 e. The van der Waals surface area contributed by atoms with Crippen molar-refractivity contribution in [2.24, 2.45) is 0 Å². The highest BCUT2D eigenvalue weighted by Crippen LogP contribution is 2.19. The minimum atomic E-state index is -0.133. The number of amides is 2. The van der Waals surface area contributed by atoms with Gasteiger partial charge in [-0.3, -0.25) is 0 Å². The Morgan fingerprint density at radius 3 is 2.65 bits per heavy atom. The summed E-state index contributed by atoms with van der Waals surface area (Å²) in [5.41, 5.74) is 1.04. The summed E-state index contributed by atoms with van der Waals surface area (Å²) in [5, 5.41) is 5.84. The molecule has 0 bridgehead atoms. The van der Waals surface area contributed by atoms with Gasteiger partial charge < -0.3 is 15.4 Å². The average molecular weight is 278 g/mol. The normalized spacial score (nSPS) is 13.4. The van der Waals surface area contributed by atoms with Crippen LogP contribution in [-0.4, -0.2) is 18.7 Å². The van der Waals surface area contributed by atoms with Crippen LogP contribution in [-0.2, 0) is 0 Å². The van der Waals surface area contributed by atoms with E-state index in [9.17, 15) is 4.79 Å². The third-order valence-corrected chi connectivity index (χ3v) is 3.17. The summed E-state index contributed by atoms with van der Waals surface area (Å²) in [6, 6.07) is 7.85. The van der Waals surface area contributed by atoms with Gasteiger partial charge >= 0.3 is 6.03 Å². The summed E-state index contributed by atoms with van der Waals surface area (Å²) in [5.74, 6) is 0.848. The molecular weight excluding hydrogens is 252 g/mol. The van der Waals surface area contributed by atoms with Crippen molar-refractivity contribution in [3.63, 3.8) is 0 Å². The highest BCUT2D eigenvalue weighted by atomic mass is 16.5. The van der Waals surface area contributed by atoms with Gasteiger partial charge in [0.05, 0.1) is 12.6 Å². The first-order valence-corrected chi connectivity index (χ1v) is 7.36. The number of carbonyl (C=O) groups is 1. The standard InChI is InChI=1S/C16H26N2O2/c1-5-10-20-15-9-7-8-14(11-15)13(4)18-16(19)17-12(3)6-2/h7-9,11-13H,5-6,10H2,1-4H3,(H2,17,18,19)/t12-,13+/m0/s1. The second-order valence-electron chi connectivity index (χ2n) is 5.07. The van der Waals surface area contributed by atoms with Gasteiger partial charge in [0, 0.05) is 6.04 Å². The van der Waals surface area contributed by atoms with E-state index in [0.29, 0.717) is 6.61 Å². The first-order chi connectivity index (χ1) is 9.56. The highest BCUT2D eigenvalue weighted by Gasteiger charge is 2.11. The van der Waals surface area contributed by atoms with Gasteiger partial charge in [-0.15, -0.1) is 0 Å². The Kier molecular flexibility index (Phi) is 6.91. The van der Waals surface area contributed by atoms with Crippen LogP contribution in [0.3, 0.4) is 0 Å². The van der Waals surface area contributed by atoms with E-state index < -0.39 is 0 Å². The maximum Gasteiger partial charge on any atom is 0.315 e. The highest BCUT2D eigenvalue weighted by molar-refractivity contribution is 5.74. The van der Waals surface area contributed by atoms with Crippen molar-refractivity contribution in [1.82, 2.24) is 10.6 Å². The molecule has 0 fully saturated rings. The molecule has 0 radical (unpaired) electrons. The van der Waals surface area contributed by atoms with Crippen molar-refractivity contribution in [3.8, 4) is 5.75 Å². The van der Waals surface area contributed by atoms with Crippen LogP contribution in [0.1, 0.15) is 52.1 Å². The fourth-order valence-electron chi connectivity index (χ4n) is 1.74. The molecule has 0 saturated heterocycles. The molecule has 2 atom stereocenters. The number of nitrogens with one attached hydrogen (secondary N) is 2. The van der Waals surface area contributed by atoms with E-state index in [1.807, 2.05) is 45.0 Å². The molecule has 0 heterocycles. The van der Waals surface area contributed by atoms with Crippen molar-refractivity contribution in [3.05, 3.63) is 29.8 Å². The summed E-state index contributed by atoms with van der Waals surface area (Å²) < 4.78 is 5.60. The molecule has 2 N–H and O–H groups in total. The molecule has 112 valence electrons. The van der Waals surface area contributed by atoms with Crippen LogP contribution in [0.2, 0.25) is 0 Å². The molecule has 1 rings (SSSR count). The molecule has 0 aromatic heterocycles. The SMILES string of the molecule is CCCOc1cccc([C@@H](C)NC(=O)N[C@@H](C)CC)c1. The zero-order valence-electron chi connectivity index (χ0n) is 12.9. The smallest absolute Gasteiger partial charge is 0.315 e. The number of rotatable bonds is 7. The molecule has 0 aliphatic rings. The van der Waals surface area contributed by atoms with Crippen LogP contribution in [0.4, 0.5) is 4.79 Å². The Balaban J connectivity index is 2.58. The topological polar surface area (TPSA) is 50.4 Å². The van der Waals surface area contributed by atoms with Crippen molar-refractivity contribution < 1.29 is 9.53 Å². The summed E-state index contributed by atoms with van der Waals surface area (Å²) in [4.78, 5) is 11.8. The maximum atomic E-state index is 11.8. The molecule has 4 heteroatoms. The summed E-state index contributed by atoms with van der Waals surface area (Å²) in [7, 11) is 0. The van der Waals surface area contributed by atoms with Gasteiger partial charge in [-0.2, -0.15) is 0 Å². The van der Waals surface area contributed by atoms with Crippen molar-refractivity contribution in [2.75, 3.05) is 6.61 Å². The number of hydrogen-bond acceptors (Lipinski definition) is 2. The lowest BCUT2D eigenvalue weighted by molar-refractivity contribution is 0.234. The first-order valence-electron chi connectivity index (χ1n) is 7.36. The van der Waals surface area contributed by atoms with Crippen molar-refractivity contribution >= 4 is 6.03 Å². The Hall–Kier alpha value is -1.71. The Morgan fingerprint density at radius 2 is 2.00 bits per heavy atom. The fourth-order valence-corrected chi connectivity index (χ4v) is 1.74. The first kappa shape index (κ1) is 16.3. The zero-order chi connectivity index (χ0) is 15.0. The second-order valence-corrected chi connectivity index (χ2v) is 5.07. The molecule has 0 aliphatic carbocycles. The third kappa shape index (κ3) is 5.51. The lowest BCUT2D eigenvalue weighted by Crippen LogP contribution is -2.41. The minimum absolute atomic E-state index is 0.0516. The monoisotopic (exact) mass is 278 g/mol. The van der Waals surface area contributed by atoms with Crippen LogP contribution in [0.15, 0.2) is 24.3 Å². The minimum Gasteiger partial charge on any atom is -0.494 e. The molecular formula is C16H26N2O2. The molecule has 2 amide bonds. The van der Waals surface area contributed by atoms with Crippen LogP contribution in [0, 0.1) is 0 Å². The predicted molar refractivity (Wildman–Crippen MR) is 82.1 cm³/mol. The molecule has 4 nitrogen and oxygen atoms in total. The second kappa shape index (κ2) is 8.46. The third-order valence-electron chi connectivity index (χ3n) is 3.17. The lowest BCUT2D eigenvalue weighted by Gasteiger charge is -2.18. The fraction of sp³-hybridized carbons (Fsp3) is 0.562. The number of urea groups is 1. The quantitative estimate of drug-likeness (QED) is 0.800.